The van der Waals surface area contributed by atoms with Crippen LogP contribution in [0.5, 0.6) is 5.75 Å². The van der Waals surface area contributed by atoms with Crippen LogP contribution in [0.2, 0.25) is 0 Å². The van der Waals surface area contributed by atoms with Crippen molar-refractivity contribution < 1.29 is 9.84 Å². The Bertz CT molecular complexity index is 462. The third-order valence-corrected chi connectivity index (χ3v) is 4.53. The van der Waals surface area contributed by atoms with Crippen LogP contribution in [0.1, 0.15) is 64.0 Å². The molecule has 1 aromatic carbocycles. The SMILES string of the molecule is Cc1ccc(C(C)C)c(OC2CCCC(C)(C)C2O)c1. The minimum absolute atomic E-state index is 0.0509. The van der Waals surface area contributed by atoms with Gasteiger partial charge in [0.2, 0.25) is 0 Å². The molecule has 1 aliphatic rings. The van der Waals surface area contributed by atoms with Crippen molar-refractivity contribution in [3.63, 3.8) is 0 Å². The summed E-state index contributed by atoms with van der Waals surface area (Å²) in [4.78, 5) is 0. The highest BCUT2D eigenvalue weighted by Crippen LogP contribution is 2.38. The first-order chi connectivity index (χ1) is 9.31. The average molecular weight is 276 g/mol. The van der Waals surface area contributed by atoms with E-state index in [0.29, 0.717) is 5.92 Å². The largest absolute Gasteiger partial charge is 0.487 e. The molecule has 0 aliphatic heterocycles. The van der Waals surface area contributed by atoms with Gasteiger partial charge in [0.1, 0.15) is 11.9 Å². The Morgan fingerprint density at radius 3 is 2.65 bits per heavy atom. The van der Waals surface area contributed by atoms with Gasteiger partial charge in [-0.25, -0.2) is 0 Å². The lowest BCUT2D eigenvalue weighted by molar-refractivity contribution is -0.0692. The van der Waals surface area contributed by atoms with E-state index >= 15 is 0 Å². The predicted octanol–water partition coefficient (Wildman–Crippen LogP) is 4.44. The summed E-state index contributed by atoms with van der Waals surface area (Å²) in [5, 5.41) is 10.5. The molecule has 1 fully saturated rings. The molecule has 0 saturated heterocycles. The van der Waals surface area contributed by atoms with Crippen molar-refractivity contribution in [2.75, 3.05) is 0 Å². The topological polar surface area (TPSA) is 29.5 Å². The fourth-order valence-corrected chi connectivity index (χ4v) is 3.07. The quantitative estimate of drug-likeness (QED) is 0.884. The zero-order chi connectivity index (χ0) is 14.9. The van der Waals surface area contributed by atoms with Gasteiger partial charge in [-0.2, -0.15) is 0 Å². The molecule has 2 unspecified atom stereocenters. The summed E-state index contributed by atoms with van der Waals surface area (Å²) in [6, 6.07) is 6.38. The normalized spacial score (nSPS) is 25.8. The number of aryl methyl sites for hydroxylation is 1. The van der Waals surface area contributed by atoms with Crippen molar-refractivity contribution in [3.8, 4) is 5.75 Å². The summed E-state index contributed by atoms with van der Waals surface area (Å²) < 4.78 is 6.23. The van der Waals surface area contributed by atoms with Crippen LogP contribution in [0.15, 0.2) is 18.2 Å². The molecular formula is C18H28O2. The standard InChI is InChI=1S/C18H28O2/c1-12(2)14-9-8-13(3)11-16(14)20-15-7-6-10-18(4,5)17(15)19/h8-9,11-12,15,17,19H,6-7,10H2,1-5H3. The van der Waals surface area contributed by atoms with Gasteiger partial charge in [0.15, 0.2) is 0 Å². The second-order valence-corrected chi connectivity index (χ2v) is 7.18. The van der Waals surface area contributed by atoms with Gasteiger partial charge in [-0.05, 0) is 54.7 Å². The lowest BCUT2D eigenvalue weighted by atomic mass is 9.73. The molecule has 0 heterocycles. The molecular weight excluding hydrogens is 248 g/mol. The number of ether oxygens (including phenoxy) is 1. The van der Waals surface area contributed by atoms with Crippen LogP contribution >= 0.6 is 0 Å². The third kappa shape index (κ3) is 3.17. The van der Waals surface area contributed by atoms with Gasteiger partial charge in [-0.3, -0.25) is 0 Å². The van der Waals surface area contributed by atoms with Crippen molar-refractivity contribution in [1.29, 1.82) is 0 Å². The van der Waals surface area contributed by atoms with E-state index in [1.54, 1.807) is 0 Å². The summed E-state index contributed by atoms with van der Waals surface area (Å²) in [7, 11) is 0. The Morgan fingerprint density at radius 2 is 2.00 bits per heavy atom. The molecule has 112 valence electrons. The number of aliphatic hydroxyl groups is 1. The van der Waals surface area contributed by atoms with Crippen LogP contribution in [-0.2, 0) is 0 Å². The second-order valence-electron chi connectivity index (χ2n) is 7.18. The highest BCUT2D eigenvalue weighted by molar-refractivity contribution is 5.39. The number of rotatable bonds is 3. The first-order valence-electron chi connectivity index (χ1n) is 7.76. The Labute approximate surface area is 123 Å². The van der Waals surface area contributed by atoms with E-state index in [9.17, 15) is 5.11 Å². The number of hydrogen-bond acceptors (Lipinski definition) is 2. The van der Waals surface area contributed by atoms with Crippen molar-refractivity contribution >= 4 is 0 Å². The maximum absolute atomic E-state index is 10.5. The van der Waals surface area contributed by atoms with E-state index < -0.39 is 6.10 Å². The van der Waals surface area contributed by atoms with Crippen LogP contribution in [0.3, 0.4) is 0 Å². The van der Waals surface area contributed by atoms with Crippen molar-refractivity contribution in [2.24, 2.45) is 5.41 Å². The molecule has 2 rings (SSSR count). The van der Waals surface area contributed by atoms with E-state index in [2.05, 4.69) is 52.8 Å². The molecule has 1 aliphatic carbocycles. The number of aliphatic hydroxyl groups excluding tert-OH is 1. The molecule has 1 aromatic rings. The van der Waals surface area contributed by atoms with Gasteiger partial charge in [0, 0.05) is 0 Å². The molecule has 2 atom stereocenters. The molecule has 1 N–H and O–H groups in total. The minimum atomic E-state index is -0.392. The van der Waals surface area contributed by atoms with Gasteiger partial charge in [0.05, 0.1) is 6.10 Å². The molecule has 0 aromatic heterocycles. The molecule has 2 nitrogen and oxygen atoms in total. The van der Waals surface area contributed by atoms with Crippen LogP contribution in [0, 0.1) is 12.3 Å². The monoisotopic (exact) mass is 276 g/mol. The Hall–Kier alpha value is -1.02. The predicted molar refractivity (Wildman–Crippen MR) is 83.3 cm³/mol. The molecule has 0 radical (unpaired) electrons. The molecule has 1 saturated carbocycles. The second kappa shape index (κ2) is 5.77. The van der Waals surface area contributed by atoms with Crippen molar-refractivity contribution in [1.82, 2.24) is 0 Å². The molecule has 20 heavy (non-hydrogen) atoms. The minimum Gasteiger partial charge on any atom is -0.487 e. The maximum atomic E-state index is 10.5. The molecule has 0 spiro atoms. The number of benzene rings is 1. The summed E-state index contributed by atoms with van der Waals surface area (Å²) in [5.74, 6) is 1.38. The first-order valence-corrected chi connectivity index (χ1v) is 7.76. The van der Waals surface area contributed by atoms with E-state index in [0.717, 1.165) is 25.0 Å². The Kier molecular flexibility index (Phi) is 4.43. The van der Waals surface area contributed by atoms with Gasteiger partial charge < -0.3 is 9.84 Å². The third-order valence-electron chi connectivity index (χ3n) is 4.53. The van der Waals surface area contributed by atoms with Gasteiger partial charge >= 0.3 is 0 Å². The Morgan fingerprint density at radius 1 is 1.30 bits per heavy atom. The molecule has 0 amide bonds. The maximum Gasteiger partial charge on any atom is 0.125 e. The zero-order valence-electron chi connectivity index (χ0n) is 13.4. The lowest BCUT2D eigenvalue weighted by Gasteiger charge is -2.40. The highest BCUT2D eigenvalue weighted by Gasteiger charge is 2.39. The van der Waals surface area contributed by atoms with E-state index in [-0.39, 0.29) is 11.5 Å². The zero-order valence-corrected chi connectivity index (χ0v) is 13.4. The fraction of sp³-hybridized carbons (Fsp3) is 0.667. The van der Waals surface area contributed by atoms with E-state index in [1.807, 2.05) is 0 Å². The van der Waals surface area contributed by atoms with Gasteiger partial charge in [-0.15, -0.1) is 0 Å². The molecule has 2 heteroatoms. The van der Waals surface area contributed by atoms with E-state index in [1.165, 1.54) is 11.1 Å². The smallest absolute Gasteiger partial charge is 0.125 e. The average Bonchev–Trinajstić information content (AvgIpc) is 2.34. The van der Waals surface area contributed by atoms with E-state index in [4.69, 9.17) is 4.74 Å². The van der Waals surface area contributed by atoms with Crippen LogP contribution in [-0.4, -0.2) is 17.3 Å². The van der Waals surface area contributed by atoms with Crippen LogP contribution < -0.4 is 4.74 Å². The summed E-state index contributed by atoms with van der Waals surface area (Å²) in [5.41, 5.74) is 2.38. The van der Waals surface area contributed by atoms with Crippen LogP contribution in [0.25, 0.3) is 0 Å². The number of hydrogen-bond donors (Lipinski definition) is 1. The van der Waals surface area contributed by atoms with Crippen molar-refractivity contribution in [2.45, 2.75) is 72.0 Å². The van der Waals surface area contributed by atoms with Gasteiger partial charge in [-0.1, -0.05) is 39.8 Å². The first kappa shape index (κ1) is 15.4. The highest BCUT2D eigenvalue weighted by atomic mass is 16.5. The Balaban J connectivity index is 2.23. The molecule has 0 bridgehead atoms. The lowest BCUT2D eigenvalue weighted by Crippen LogP contribution is -2.46. The van der Waals surface area contributed by atoms with Crippen molar-refractivity contribution in [3.05, 3.63) is 29.3 Å². The summed E-state index contributed by atoms with van der Waals surface area (Å²) in [6.07, 6.45) is 2.65. The summed E-state index contributed by atoms with van der Waals surface area (Å²) in [6.45, 7) is 10.7. The van der Waals surface area contributed by atoms with Crippen LogP contribution in [0.4, 0.5) is 0 Å². The fourth-order valence-electron chi connectivity index (χ4n) is 3.07. The van der Waals surface area contributed by atoms with Gasteiger partial charge in [0.25, 0.3) is 0 Å². The summed E-state index contributed by atoms with van der Waals surface area (Å²) >= 11 is 0.